The molecule has 1 amide bonds. The molecule has 2 saturated heterocycles. The molecular formula is C14H26N2O. The molecule has 2 rings (SSSR count). The average molecular weight is 238 g/mol. The molecule has 0 aromatic rings. The highest BCUT2D eigenvalue weighted by atomic mass is 16.2. The van der Waals surface area contributed by atoms with Crippen LogP contribution in [0, 0.1) is 5.41 Å². The molecule has 0 spiro atoms. The van der Waals surface area contributed by atoms with Crippen molar-refractivity contribution in [2.45, 2.75) is 52.5 Å². The topological polar surface area (TPSA) is 23.6 Å². The number of nitrogens with zero attached hydrogens (tertiary/aromatic N) is 2. The first-order valence-electron chi connectivity index (χ1n) is 6.97. The summed E-state index contributed by atoms with van der Waals surface area (Å²) in [7, 11) is 0. The summed E-state index contributed by atoms with van der Waals surface area (Å²) < 4.78 is 0. The van der Waals surface area contributed by atoms with Crippen molar-refractivity contribution < 1.29 is 4.79 Å². The second kappa shape index (κ2) is 4.97. The maximum absolute atomic E-state index is 11.7. The Kier molecular flexibility index (Phi) is 3.76. The fourth-order valence-electron chi connectivity index (χ4n) is 3.30. The maximum Gasteiger partial charge on any atom is 0.219 e. The van der Waals surface area contributed by atoms with Crippen LogP contribution in [0.1, 0.15) is 46.5 Å². The summed E-state index contributed by atoms with van der Waals surface area (Å²) in [5, 5.41) is 0. The van der Waals surface area contributed by atoms with E-state index in [2.05, 4.69) is 23.6 Å². The third-order valence-corrected chi connectivity index (χ3v) is 4.33. The van der Waals surface area contributed by atoms with Crippen LogP contribution in [-0.4, -0.2) is 47.9 Å². The highest BCUT2D eigenvalue weighted by Crippen LogP contribution is 2.34. The number of amides is 1. The van der Waals surface area contributed by atoms with E-state index in [9.17, 15) is 4.79 Å². The molecule has 2 aliphatic rings. The molecule has 2 fully saturated rings. The van der Waals surface area contributed by atoms with E-state index in [0.29, 0.717) is 11.5 Å². The molecule has 1 atom stereocenters. The summed E-state index contributed by atoms with van der Waals surface area (Å²) in [5.41, 5.74) is 0.399. The van der Waals surface area contributed by atoms with Gasteiger partial charge in [0, 0.05) is 26.1 Å². The Morgan fingerprint density at radius 2 is 1.88 bits per heavy atom. The first-order chi connectivity index (χ1) is 7.98. The Labute approximate surface area is 105 Å². The Bertz CT molecular complexity index is 282. The van der Waals surface area contributed by atoms with Crippen molar-refractivity contribution in [2.75, 3.05) is 26.2 Å². The first-order valence-corrected chi connectivity index (χ1v) is 6.97. The summed E-state index contributed by atoms with van der Waals surface area (Å²) in [4.78, 5) is 16.3. The Hall–Kier alpha value is -0.570. The van der Waals surface area contributed by atoms with Crippen molar-refractivity contribution in [2.24, 2.45) is 5.41 Å². The number of hydrogen-bond donors (Lipinski definition) is 0. The van der Waals surface area contributed by atoms with Gasteiger partial charge in [-0.2, -0.15) is 0 Å². The van der Waals surface area contributed by atoms with E-state index in [4.69, 9.17) is 0 Å². The molecule has 0 N–H and O–H groups in total. The SMILES string of the molecule is CC(=O)N1CCC(C)(C)CC1CN1CCCC1. The quantitative estimate of drug-likeness (QED) is 0.735. The van der Waals surface area contributed by atoms with E-state index in [0.717, 1.165) is 25.9 Å². The van der Waals surface area contributed by atoms with Crippen LogP contribution in [0.15, 0.2) is 0 Å². The van der Waals surface area contributed by atoms with Gasteiger partial charge in [-0.3, -0.25) is 4.79 Å². The molecule has 0 saturated carbocycles. The molecule has 0 aromatic heterocycles. The van der Waals surface area contributed by atoms with Gasteiger partial charge in [0.05, 0.1) is 0 Å². The number of carbonyl (C=O) groups is 1. The van der Waals surface area contributed by atoms with Crippen LogP contribution in [0.3, 0.4) is 0 Å². The lowest BCUT2D eigenvalue weighted by molar-refractivity contribution is -0.134. The standard InChI is InChI=1S/C14H26N2O/c1-12(17)16-9-6-14(2,3)10-13(16)11-15-7-4-5-8-15/h13H,4-11H2,1-3H3. The predicted molar refractivity (Wildman–Crippen MR) is 69.9 cm³/mol. The molecule has 0 aliphatic carbocycles. The minimum absolute atomic E-state index is 0.254. The van der Waals surface area contributed by atoms with Crippen LogP contribution in [0.4, 0.5) is 0 Å². The molecule has 98 valence electrons. The molecule has 0 bridgehead atoms. The van der Waals surface area contributed by atoms with Crippen LogP contribution < -0.4 is 0 Å². The lowest BCUT2D eigenvalue weighted by Gasteiger charge is -2.44. The molecule has 17 heavy (non-hydrogen) atoms. The smallest absolute Gasteiger partial charge is 0.219 e. The van der Waals surface area contributed by atoms with Crippen molar-refractivity contribution in [1.29, 1.82) is 0 Å². The normalized spacial score (nSPS) is 29.6. The third kappa shape index (κ3) is 3.21. The molecule has 0 radical (unpaired) electrons. The summed E-state index contributed by atoms with van der Waals surface area (Å²) >= 11 is 0. The fourth-order valence-corrected chi connectivity index (χ4v) is 3.30. The minimum atomic E-state index is 0.254. The summed E-state index contributed by atoms with van der Waals surface area (Å²) in [6, 6.07) is 0.439. The van der Waals surface area contributed by atoms with Crippen LogP contribution in [0.2, 0.25) is 0 Å². The van der Waals surface area contributed by atoms with E-state index >= 15 is 0 Å². The van der Waals surface area contributed by atoms with E-state index in [-0.39, 0.29) is 5.91 Å². The molecule has 1 unspecified atom stereocenters. The van der Waals surface area contributed by atoms with Crippen LogP contribution in [0.5, 0.6) is 0 Å². The lowest BCUT2D eigenvalue weighted by Crippen LogP contribution is -2.52. The first kappa shape index (κ1) is 12.9. The van der Waals surface area contributed by atoms with E-state index in [1.54, 1.807) is 6.92 Å². The summed E-state index contributed by atoms with van der Waals surface area (Å²) in [5.74, 6) is 0.254. The second-order valence-corrected chi connectivity index (χ2v) is 6.49. The van der Waals surface area contributed by atoms with Crippen LogP contribution >= 0.6 is 0 Å². The van der Waals surface area contributed by atoms with Gasteiger partial charge in [0.2, 0.25) is 5.91 Å². The molecular weight excluding hydrogens is 212 g/mol. The fraction of sp³-hybridized carbons (Fsp3) is 0.929. The van der Waals surface area contributed by atoms with Gasteiger partial charge >= 0.3 is 0 Å². The van der Waals surface area contributed by atoms with Gasteiger partial charge < -0.3 is 9.80 Å². The number of carbonyl (C=O) groups excluding carboxylic acids is 1. The molecule has 0 aromatic carbocycles. The van der Waals surface area contributed by atoms with E-state index in [1.165, 1.54) is 25.9 Å². The third-order valence-electron chi connectivity index (χ3n) is 4.33. The van der Waals surface area contributed by atoms with Gasteiger partial charge in [0.1, 0.15) is 0 Å². The molecule has 2 aliphatic heterocycles. The minimum Gasteiger partial charge on any atom is -0.339 e. The van der Waals surface area contributed by atoms with Gasteiger partial charge in [0.25, 0.3) is 0 Å². The van der Waals surface area contributed by atoms with Crippen LogP contribution in [-0.2, 0) is 4.79 Å². The number of rotatable bonds is 2. The number of likely N-dealkylation sites (tertiary alicyclic amines) is 2. The molecule has 3 nitrogen and oxygen atoms in total. The predicted octanol–water partition coefficient (Wildman–Crippen LogP) is 2.12. The van der Waals surface area contributed by atoms with Crippen LogP contribution in [0.25, 0.3) is 0 Å². The van der Waals surface area contributed by atoms with Gasteiger partial charge in [-0.05, 0) is 44.2 Å². The van der Waals surface area contributed by atoms with E-state index < -0.39 is 0 Å². The van der Waals surface area contributed by atoms with Gasteiger partial charge in [-0.1, -0.05) is 13.8 Å². The molecule has 3 heteroatoms. The number of hydrogen-bond acceptors (Lipinski definition) is 2. The Morgan fingerprint density at radius 1 is 1.24 bits per heavy atom. The zero-order valence-electron chi connectivity index (χ0n) is 11.5. The average Bonchev–Trinajstić information content (AvgIpc) is 2.68. The van der Waals surface area contributed by atoms with Gasteiger partial charge in [-0.25, -0.2) is 0 Å². The lowest BCUT2D eigenvalue weighted by atomic mass is 9.78. The highest BCUT2D eigenvalue weighted by molar-refractivity contribution is 5.73. The monoisotopic (exact) mass is 238 g/mol. The van der Waals surface area contributed by atoms with Crippen molar-refractivity contribution in [3.05, 3.63) is 0 Å². The van der Waals surface area contributed by atoms with Gasteiger partial charge in [-0.15, -0.1) is 0 Å². The maximum atomic E-state index is 11.7. The highest BCUT2D eigenvalue weighted by Gasteiger charge is 2.35. The Morgan fingerprint density at radius 3 is 2.47 bits per heavy atom. The number of piperidine rings is 1. The van der Waals surface area contributed by atoms with E-state index in [1.807, 2.05) is 0 Å². The Balaban J connectivity index is 1.99. The second-order valence-electron chi connectivity index (χ2n) is 6.49. The zero-order valence-corrected chi connectivity index (χ0v) is 11.5. The zero-order chi connectivity index (χ0) is 12.5. The van der Waals surface area contributed by atoms with Crippen molar-refractivity contribution in [1.82, 2.24) is 9.80 Å². The largest absolute Gasteiger partial charge is 0.339 e. The molecule has 2 heterocycles. The summed E-state index contributed by atoms with van der Waals surface area (Å²) in [6.45, 7) is 10.9. The summed E-state index contributed by atoms with van der Waals surface area (Å²) in [6.07, 6.45) is 4.96. The van der Waals surface area contributed by atoms with Crippen molar-refractivity contribution in [3.8, 4) is 0 Å². The van der Waals surface area contributed by atoms with Crippen molar-refractivity contribution >= 4 is 5.91 Å². The van der Waals surface area contributed by atoms with Crippen molar-refractivity contribution in [3.63, 3.8) is 0 Å². The van der Waals surface area contributed by atoms with Gasteiger partial charge in [0.15, 0.2) is 0 Å².